The number of likely N-dealkylation sites (N-methyl/N-ethyl adjacent to an activating group) is 1. The standard InChI is InChI=1S/C12H24N4O/c1-6-8-16-10(9-14-15-16)11(13-4)12(3,7-2)17-5/h9,11,13H,6-8H2,1-5H3. The molecule has 1 heterocycles. The SMILES string of the molecule is CCCn1nncc1C(NC)C(C)(CC)OC. The number of hydrogen-bond acceptors (Lipinski definition) is 4. The molecule has 0 fully saturated rings. The first-order chi connectivity index (χ1) is 8.12. The highest BCUT2D eigenvalue weighted by Gasteiger charge is 2.35. The number of methoxy groups -OCH3 is 1. The maximum Gasteiger partial charge on any atom is 0.0857 e. The third-order valence-electron chi connectivity index (χ3n) is 3.45. The van der Waals surface area contributed by atoms with E-state index in [0.717, 1.165) is 25.1 Å². The zero-order valence-electron chi connectivity index (χ0n) is 11.5. The van der Waals surface area contributed by atoms with E-state index in [1.807, 2.05) is 17.9 Å². The molecule has 0 radical (unpaired) electrons. The van der Waals surface area contributed by atoms with Crippen LogP contribution in [0.15, 0.2) is 6.20 Å². The van der Waals surface area contributed by atoms with Crippen LogP contribution in [0.25, 0.3) is 0 Å². The van der Waals surface area contributed by atoms with Gasteiger partial charge >= 0.3 is 0 Å². The van der Waals surface area contributed by atoms with Crippen LogP contribution in [0.2, 0.25) is 0 Å². The van der Waals surface area contributed by atoms with E-state index in [1.165, 1.54) is 0 Å². The summed E-state index contributed by atoms with van der Waals surface area (Å²) < 4.78 is 7.62. The van der Waals surface area contributed by atoms with E-state index in [-0.39, 0.29) is 11.6 Å². The summed E-state index contributed by atoms with van der Waals surface area (Å²) in [5.41, 5.74) is 0.836. The van der Waals surface area contributed by atoms with Crippen LogP contribution in [0.1, 0.15) is 45.3 Å². The molecule has 0 spiro atoms. The second-order valence-electron chi connectivity index (χ2n) is 4.47. The minimum atomic E-state index is -0.248. The molecule has 0 bridgehead atoms. The topological polar surface area (TPSA) is 52.0 Å². The Morgan fingerprint density at radius 3 is 2.71 bits per heavy atom. The second kappa shape index (κ2) is 6.12. The van der Waals surface area contributed by atoms with Crippen molar-refractivity contribution in [1.82, 2.24) is 20.3 Å². The molecule has 2 atom stereocenters. The lowest BCUT2D eigenvalue weighted by molar-refractivity contribution is -0.0302. The molecule has 0 aliphatic rings. The molecule has 2 unspecified atom stereocenters. The Balaban J connectivity index is 3.04. The highest BCUT2D eigenvalue weighted by molar-refractivity contribution is 5.09. The van der Waals surface area contributed by atoms with Crippen molar-refractivity contribution < 1.29 is 4.74 Å². The lowest BCUT2D eigenvalue weighted by Gasteiger charge is -2.35. The third kappa shape index (κ3) is 2.84. The Labute approximate surface area is 104 Å². The molecule has 98 valence electrons. The van der Waals surface area contributed by atoms with Crippen molar-refractivity contribution in [3.05, 3.63) is 11.9 Å². The van der Waals surface area contributed by atoms with E-state index < -0.39 is 0 Å². The van der Waals surface area contributed by atoms with Gasteiger partial charge in [-0.25, -0.2) is 4.68 Å². The van der Waals surface area contributed by atoms with Crippen molar-refractivity contribution in [1.29, 1.82) is 0 Å². The van der Waals surface area contributed by atoms with Gasteiger partial charge in [-0.2, -0.15) is 0 Å². The van der Waals surface area contributed by atoms with Gasteiger partial charge < -0.3 is 10.1 Å². The van der Waals surface area contributed by atoms with Crippen LogP contribution in [0, 0.1) is 0 Å². The number of ether oxygens (including phenoxy) is 1. The minimum absolute atomic E-state index is 0.0963. The quantitative estimate of drug-likeness (QED) is 0.789. The summed E-state index contributed by atoms with van der Waals surface area (Å²) >= 11 is 0. The van der Waals surface area contributed by atoms with E-state index in [9.17, 15) is 0 Å². The summed E-state index contributed by atoms with van der Waals surface area (Å²) in [4.78, 5) is 0. The first kappa shape index (κ1) is 14.1. The number of aryl methyl sites for hydroxylation is 1. The Morgan fingerprint density at radius 1 is 1.53 bits per heavy atom. The molecule has 1 aromatic heterocycles. The molecule has 0 aliphatic heterocycles. The molecule has 1 rings (SSSR count). The van der Waals surface area contributed by atoms with E-state index in [4.69, 9.17) is 4.74 Å². The largest absolute Gasteiger partial charge is 0.376 e. The van der Waals surface area contributed by atoms with Crippen LogP contribution in [0.4, 0.5) is 0 Å². The summed E-state index contributed by atoms with van der Waals surface area (Å²) in [6, 6.07) is 0.0963. The first-order valence-corrected chi connectivity index (χ1v) is 6.23. The maximum absolute atomic E-state index is 5.67. The van der Waals surface area contributed by atoms with Crippen molar-refractivity contribution in [3.63, 3.8) is 0 Å². The molecule has 0 aromatic carbocycles. The summed E-state index contributed by atoms with van der Waals surface area (Å²) in [5.74, 6) is 0. The number of aromatic nitrogens is 3. The average molecular weight is 240 g/mol. The van der Waals surface area contributed by atoms with Crippen LogP contribution < -0.4 is 5.32 Å². The normalized spacial score (nSPS) is 16.8. The molecule has 0 amide bonds. The van der Waals surface area contributed by atoms with Gasteiger partial charge in [-0.3, -0.25) is 0 Å². The molecule has 1 aromatic rings. The van der Waals surface area contributed by atoms with Crippen LogP contribution in [0.5, 0.6) is 0 Å². The molecule has 0 saturated heterocycles. The lowest BCUT2D eigenvalue weighted by Crippen LogP contribution is -2.42. The second-order valence-corrected chi connectivity index (χ2v) is 4.47. The van der Waals surface area contributed by atoms with E-state index >= 15 is 0 Å². The summed E-state index contributed by atoms with van der Waals surface area (Å²) in [6.45, 7) is 7.26. The van der Waals surface area contributed by atoms with Crippen LogP contribution in [-0.4, -0.2) is 34.8 Å². The van der Waals surface area contributed by atoms with Crippen molar-refractivity contribution in [2.75, 3.05) is 14.2 Å². The molecular formula is C12H24N4O. The van der Waals surface area contributed by atoms with E-state index in [2.05, 4.69) is 36.4 Å². The van der Waals surface area contributed by atoms with Crippen LogP contribution in [-0.2, 0) is 11.3 Å². The smallest absolute Gasteiger partial charge is 0.0857 e. The molecule has 5 heteroatoms. The fourth-order valence-corrected chi connectivity index (χ4v) is 2.11. The number of rotatable bonds is 7. The van der Waals surface area contributed by atoms with Gasteiger partial charge in [0.2, 0.25) is 0 Å². The fourth-order valence-electron chi connectivity index (χ4n) is 2.11. The summed E-state index contributed by atoms with van der Waals surface area (Å²) in [7, 11) is 3.70. The van der Waals surface area contributed by atoms with Gasteiger partial charge in [0, 0.05) is 13.7 Å². The monoisotopic (exact) mass is 240 g/mol. The predicted molar refractivity (Wildman–Crippen MR) is 67.8 cm³/mol. The lowest BCUT2D eigenvalue weighted by atomic mass is 9.91. The van der Waals surface area contributed by atoms with Crippen molar-refractivity contribution in [2.24, 2.45) is 0 Å². The summed E-state index contributed by atoms with van der Waals surface area (Å²) in [6.07, 6.45) is 3.79. The predicted octanol–water partition coefficient (Wildman–Crippen LogP) is 1.76. The van der Waals surface area contributed by atoms with Crippen LogP contribution >= 0.6 is 0 Å². The minimum Gasteiger partial charge on any atom is -0.376 e. The highest BCUT2D eigenvalue weighted by Crippen LogP contribution is 2.30. The maximum atomic E-state index is 5.67. The molecular weight excluding hydrogens is 216 g/mol. The van der Waals surface area contributed by atoms with Crippen LogP contribution in [0.3, 0.4) is 0 Å². The number of nitrogens with one attached hydrogen (secondary N) is 1. The molecule has 0 aliphatic carbocycles. The van der Waals surface area contributed by atoms with Gasteiger partial charge in [-0.1, -0.05) is 19.1 Å². The van der Waals surface area contributed by atoms with Gasteiger partial charge in [0.1, 0.15) is 0 Å². The van der Waals surface area contributed by atoms with E-state index in [0.29, 0.717) is 0 Å². The van der Waals surface area contributed by atoms with Gasteiger partial charge in [-0.15, -0.1) is 5.10 Å². The van der Waals surface area contributed by atoms with Gasteiger partial charge in [0.15, 0.2) is 0 Å². The number of nitrogens with zero attached hydrogens (tertiary/aromatic N) is 3. The number of hydrogen-bond donors (Lipinski definition) is 1. The highest BCUT2D eigenvalue weighted by atomic mass is 16.5. The fraction of sp³-hybridized carbons (Fsp3) is 0.833. The Hall–Kier alpha value is -0.940. The third-order valence-corrected chi connectivity index (χ3v) is 3.45. The molecule has 1 N–H and O–H groups in total. The zero-order valence-corrected chi connectivity index (χ0v) is 11.5. The molecule has 5 nitrogen and oxygen atoms in total. The summed E-state index contributed by atoms with van der Waals surface area (Å²) in [5, 5.41) is 11.5. The first-order valence-electron chi connectivity index (χ1n) is 6.23. The van der Waals surface area contributed by atoms with Crippen molar-refractivity contribution in [3.8, 4) is 0 Å². The molecule has 17 heavy (non-hydrogen) atoms. The van der Waals surface area contributed by atoms with Gasteiger partial charge in [-0.05, 0) is 26.8 Å². The molecule has 0 saturated carbocycles. The average Bonchev–Trinajstić information content (AvgIpc) is 2.78. The van der Waals surface area contributed by atoms with Gasteiger partial charge in [0.05, 0.1) is 23.5 Å². The Bertz CT molecular complexity index is 333. The Kier molecular flexibility index (Phi) is 5.08. The van der Waals surface area contributed by atoms with Gasteiger partial charge in [0.25, 0.3) is 0 Å². The van der Waals surface area contributed by atoms with E-state index in [1.54, 1.807) is 7.11 Å². The Morgan fingerprint density at radius 2 is 2.24 bits per heavy atom. The van der Waals surface area contributed by atoms with Crippen molar-refractivity contribution in [2.45, 2.75) is 51.8 Å². The van der Waals surface area contributed by atoms with Crippen molar-refractivity contribution >= 4 is 0 Å². The zero-order chi connectivity index (χ0) is 12.9.